The number of rotatable bonds is 7. The number of piperidine rings is 1. The van der Waals surface area contributed by atoms with Crippen molar-refractivity contribution < 1.29 is 13.2 Å². The monoisotopic (exact) mass is 646 g/mol. The third kappa shape index (κ3) is 5.94. The van der Waals surface area contributed by atoms with Gasteiger partial charge in [0.05, 0.1) is 10.4 Å². The van der Waals surface area contributed by atoms with Crippen LogP contribution < -0.4 is 0 Å². The minimum Gasteiger partial charge on any atom is -0.345 e. The van der Waals surface area contributed by atoms with Crippen molar-refractivity contribution in [1.82, 2.24) is 28.5 Å². The van der Waals surface area contributed by atoms with Crippen LogP contribution in [0.15, 0.2) is 96.3 Å². The predicted octanol–water partition coefficient (Wildman–Crippen LogP) is 6.31. The van der Waals surface area contributed by atoms with E-state index >= 15 is 0 Å². The molecule has 0 bridgehead atoms. The van der Waals surface area contributed by atoms with E-state index in [1.807, 2.05) is 37.3 Å². The highest BCUT2D eigenvalue weighted by atomic mass is 32.2. The van der Waals surface area contributed by atoms with E-state index in [-0.39, 0.29) is 10.8 Å². The molecule has 47 heavy (non-hydrogen) atoms. The van der Waals surface area contributed by atoms with E-state index in [4.69, 9.17) is 10.1 Å². The summed E-state index contributed by atoms with van der Waals surface area (Å²) in [6.45, 7) is 5.08. The molecule has 1 aliphatic heterocycles. The Labute approximate surface area is 275 Å². The average Bonchev–Trinajstić information content (AvgIpc) is 3.66. The second kappa shape index (κ2) is 12.1. The molecule has 0 radical (unpaired) electrons. The third-order valence-corrected chi connectivity index (χ3v) is 10.9. The van der Waals surface area contributed by atoms with Crippen molar-refractivity contribution in [3.05, 3.63) is 103 Å². The van der Waals surface area contributed by atoms with Crippen LogP contribution in [-0.4, -0.2) is 77.1 Å². The SMILES string of the molecule is Cc1ccc(S(=O)(=O)n2cc(-c3ccc(C(=O)N(C)C)cc3)c3cc(-c4ccc5nn(CC6CCN(C)CC6)cc5c4)cnc32)cc1. The Balaban J connectivity index is 1.30. The van der Waals surface area contributed by atoms with E-state index < -0.39 is 10.0 Å². The number of nitrogens with zero attached hydrogens (tertiary/aromatic N) is 6. The molecule has 0 unspecified atom stereocenters. The van der Waals surface area contributed by atoms with Crippen LogP contribution >= 0.6 is 0 Å². The number of hydrogen-bond donors (Lipinski definition) is 0. The predicted molar refractivity (Wildman–Crippen MR) is 186 cm³/mol. The molecular weight excluding hydrogens is 609 g/mol. The second-order valence-corrected chi connectivity index (χ2v) is 14.7. The van der Waals surface area contributed by atoms with Crippen molar-refractivity contribution in [2.24, 2.45) is 5.92 Å². The van der Waals surface area contributed by atoms with Crippen LogP contribution in [0.25, 0.3) is 44.2 Å². The first-order chi connectivity index (χ1) is 22.6. The lowest BCUT2D eigenvalue weighted by atomic mass is 9.97. The molecule has 1 amide bonds. The van der Waals surface area contributed by atoms with E-state index in [0.29, 0.717) is 28.1 Å². The van der Waals surface area contributed by atoms with Gasteiger partial charge in [0, 0.05) is 66.7 Å². The van der Waals surface area contributed by atoms with Crippen molar-refractivity contribution in [2.75, 3.05) is 34.2 Å². The first kappa shape index (κ1) is 30.8. The van der Waals surface area contributed by atoms with Crippen molar-refractivity contribution in [2.45, 2.75) is 31.2 Å². The standard InChI is InChI=1S/C37H38N6O3S/c1-25-5-12-32(13-6-25)47(45,46)43-24-34(27-7-9-28(10-8-27)37(44)40(2)3)33-20-30(21-38-36(33)43)29-11-14-35-31(19-29)23-42(39-35)22-26-15-17-41(4)18-16-26/h5-14,19-21,23-24,26H,15-18,22H2,1-4H3. The van der Waals surface area contributed by atoms with Crippen LogP contribution in [0.1, 0.15) is 28.8 Å². The van der Waals surface area contributed by atoms with E-state index in [9.17, 15) is 13.2 Å². The van der Waals surface area contributed by atoms with Gasteiger partial charge in [0.2, 0.25) is 0 Å². The van der Waals surface area contributed by atoms with Crippen LogP contribution in [0, 0.1) is 12.8 Å². The summed E-state index contributed by atoms with van der Waals surface area (Å²) in [6, 6.07) is 22.3. The molecule has 1 fully saturated rings. The molecule has 0 atom stereocenters. The fourth-order valence-corrected chi connectivity index (χ4v) is 7.71. The zero-order valence-electron chi connectivity index (χ0n) is 27.1. The van der Waals surface area contributed by atoms with Gasteiger partial charge < -0.3 is 9.80 Å². The van der Waals surface area contributed by atoms with E-state index in [2.05, 4.69) is 28.9 Å². The molecule has 0 spiro atoms. The number of fused-ring (bicyclic) bond motifs is 2. The van der Waals surface area contributed by atoms with E-state index in [0.717, 1.165) is 52.8 Å². The smallest absolute Gasteiger partial charge is 0.269 e. The first-order valence-electron chi connectivity index (χ1n) is 15.9. The maximum atomic E-state index is 13.9. The summed E-state index contributed by atoms with van der Waals surface area (Å²) in [5, 5.41) is 6.60. The van der Waals surface area contributed by atoms with Crippen molar-refractivity contribution in [3.63, 3.8) is 0 Å². The number of hydrogen-bond acceptors (Lipinski definition) is 6. The Morgan fingerprint density at radius 2 is 1.60 bits per heavy atom. The van der Waals surface area contributed by atoms with E-state index in [1.54, 1.807) is 62.9 Å². The third-order valence-electron chi connectivity index (χ3n) is 9.21. The van der Waals surface area contributed by atoms with Crippen molar-refractivity contribution in [1.29, 1.82) is 0 Å². The van der Waals surface area contributed by atoms with Gasteiger partial charge in [-0.2, -0.15) is 5.10 Å². The first-order valence-corrected chi connectivity index (χ1v) is 17.3. The molecule has 0 saturated carbocycles. The maximum Gasteiger partial charge on any atom is 0.269 e. The van der Waals surface area contributed by atoms with Gasteiger partial charge in [0.15, 0.2) is 5.65 Å². The lowest BCUT2D eigenvalue weighted by Crippen LogP contribution is -2.31. The lowest BCUT2D eigenvalue weighted by Gasteiger charge is -2.28. The molecule has 3 aromatic carbocycles. The summed E-state index contributed by atoms with van der Waals surface area (Å²) < 4.78 is 31.2. The molecule has 1 saturated heterocycles. The lowest BCUT2D eigenvalue weighted by molar-refractivity contribution is 0.0827. The Hall–Kier alpha value is -4.80. The van der Waals surface area contributed by atoms with Gasteiger partial charge in [-0.25, -0.2) is 17.4 Å². The molecule has 3 aromatic heterocycles. The summed E-state index contributed by atoms with van der Waals surface area (Å²) in [5.41, 5.74) is 6.14. The van der Waals surface area contributed by atoms with Gasteiger partial charge >= 0.3 is 0 Å². The van der Waals surface area contributed by atoms with Gasteiger partial charge in [0.1, 0.15) is 0 Å². The molecule has 0 N–H and O–H groups in total. The number of aromatic nitrogens is 4. The van der Waals surface area contributed by atoms with Crippen molar-refractivity contribution in [3.8, 4) is 22.3 Å². The number of amides is 1. The number of likely N-dealkylation sites (tertiary alicyclic amines) is 1. The summed E-state index contributed by atoms with van der Waals surface area (Å²) in [5.74, 6) is 0.523. The van der Waals surface area contributed by atoms with Gasteiger partial charge in [-0.15, -0.1) is 0 Å². The Morgan fingerprint density at radius 3 is 2.30 bits per heavy atom. The molecule has 4 heterocycles. The Morgan fingerprint density at radius 1 is 0.894 bits per heavy atom. The highest BCUT2D eigenvalue weighted by Gasteiger charge is 2.24. The van der Waals surface area contributed by atoms with Gasteiger partial charge in [-0.1, -0.05) is 35.9 Å². The summed E-state index contributed by atoms with van der Waals surface area (Å²) in [4.78, 5) is 21.4. The number of benzene rings is 3. The van der Waals surface area contributed by atoms with Crippen LogP contribution in [-0.2, 0) is 16.6 Å². The van der Waals surface area contributed by atoms with Crippen LogP contribution in [0.3, 0.4) is 0 Å². The normalized spacial score (nSPS) is 14.6. The Kier molecular flexibility index (Phi) is 7.93. The fourth-order valence-electron chi connectivity index (χ4n) is 6.38. The number of carbonyl (C=O) groups excluding carboxylic acids is 1. The molecule has 7 rings (SSSR count). The molecule has 9 nitrogen and oxygen atoms in total. The van der Waals surface area contributed by atoms with Crippen LogP contribution in [0.2, 0.25) is 0 Å². The summed E-state index contributed by atoms with van der Waals surface area (Å²) >= 11 is 0. The fraction of sp³-hybridized carbons (Fsp3) is 0.270. The zero-order chi connectivity index (χ0) is 32.9. The quantitative estimate of drug-likeness (QED) is 0.202. The van der Waals surface area contributed by atoms with Crippen LogP contribution in [0.5, 0.6) is 0 Å². The minimum atomic E-state index is -3.94. The topological polar surface area (TPSA) is 93.3 Å². The largest absolute Gasteiger partial charge is 0.345 e. The van der Waals surface area contributed by atoms with E-state index in [1.165, 1.54) is 21.7 Å². The van der Waals surface area contributed by atoms with Gasteiger partial charge in [-0.3, -0.25) is 9.48 Å². The highest BCUT2D eigenvalue weighted by molar-refractivity contribution is 7.90. The minimum absolute atomic E-state index is 0.102. The maximum absolute atomic E-state index is 13.9. The average molecular weight is 647 g/mol. The summed E-state index contributed by atoms with van der Waals surface area (Å²) in [7, 11) is 1.66. The second-order valence-electron chi connectivity index (χ2n) is 12.9. The summed E-state index contributed by atoms with van der Waals surface area (Å²) in [6.07, 6.45) is 7.85. The molecular formula is C37H38N6O3S. The number of aryl methyl sites for hydroxylation is 1. The van der Waals surface area contributed by atoms with Gasteiger partial charge in [0.25, 0.3) is 15.9 Å². The Bertz CT molecular complexity index is 2210. The number of pyridine rings is 1. The number of carbonyl (C=O) groups is 1. The van der Waals surface area contributed by atoms with Crippen LogP contribution in [0.4, 0.5) is 0 Å². The molecule has 1 aliphatic rings. The molecule has 10 heteroatoms. The van der Waals surface area contributed by atoms with Crippen molar-refractivity contribution >= 4 is 37.9 Å². The highest BCUT2D eigenvalue weighted by Crippen LogP contribution is 2.35. The van der Waals surface area contributed by atoms with Gasteiger partial charge in [-0.05, 0) is 99.4 Å². The molecule has 0 aliphatic carbocycles. The molecule has 6 aromatic rings. The zero-order valence-corrected chi connectivity index (χ0v) is 27.9. The molecule has 240 valence electrons.